The molecule has 0 amide bonds. The SMILES string of the molecule is COc1ccccc1-c1ccc(N2CCN(C3CCOCC3)CC2)nn1. The van der Waals surface area contributed by atoms with Crippen LogP contribution in [0.1, 0.15) is 12.8 Å². The number of benzene rings is 1. The van der Waals surface area contributed by atoms with Crippen LogP contribution in [-0.4, -0.2) is 67.6 Å². The molecule has 2 aliphatic heterocycles. The van der Waals surface area contributed by atoms with Gasteiger partial charge in [0.05, 0.1) is 12.8 Å². The maximum absolute atomic E-state index is 5.48. The third-order valence-corrected chi connectivity index (χ3v) is 5.38. The molecule has 0 saturated carbocycles. The van der Waals surface area contributed by atoms with Crippen LogP contribution in [0.2, 0.25) is 0 Å². The third-order valence-electron chi connectivity index (χ3n) is 5.38. The second-order valence-electron chi connectivity index (χ2n) is 6.84. The number of methoxy groups -OCH3 is 1. The lowest BCUT2D eigenvalue weighted by atomic mass is 10.1. The van der Waals surface area contributed by atoms with Gasteiger partial charge < -0.3 is 14.4 Å². The molecule has 0 spiro atoms. The van der Waals surface area contributed by atoms with E-state index in [0.717, 1.165) is 75.1 Å². The van der Waals surface area contributed by atoms with Crippen LogP contribution in [0.15, 0.2) is 36.4 Å². The van der Waals surface area contributed by atoms with E-state index in [1.165, 1.54) is 0 Å². The first-order valence-electron chi connectivity index (χ1n) is 9.39. The number of piperazine rings is 1. The Labute approximate surface area is 154 Å². The van der Waals surface area contributed by atoms with E-state index in [1.807, 2.05) is 30.3 Å². The summed E-state index contributed by atoms with van der Waals surface area (Å²) in [5.41, 5.74) is 1.81. The van der Waals surface area contributed by atoms with Gasteiger partial charge in [-0.2, -0.15) is 0 Å². The van der Waals surface area contributed by atoms with Crippen LogP contribution in [0.4, 0.5) is 5.82 Å². The van der Waals surface area contributed by atoms with Crippen LogP contribution >= 0.6 is 0 Å². The molecule has 0 radical (unpaired) electrons. The Morgan fingerprint density at radius 3 is 2.42 bits per heavy atom. The molecular weight excluding hydrogens is 328 g/mol. The Balaban J connectivity index is 1.40. The minimum Gasteiger partial charge on any atom is -0.496 e. The maximum atomic E-state index is 5.48. The Morgan fingerprint density at radius 1 is 0.962 bits per heavy atom. The van der Waals surface area contributed by atoms with Gasteiger partial charge in [-0.05, 0) is 37.1 Å². The van der Waals surface area contributed by atoms with Crippen molar-refractivity contribution in [1.29, 1.82) is 0 Å². The van der Waals surface area contributed by atoms with E-state index >= 15 is 0 Å². The molecule has 0 atom stereocenters. The van der Waals surface area contributed by atoms with Crippen LogP contribution in [0, 0.1) is 0 Å². The molecule has 0 unspecified atom stereocenters. The predicted molar refractivity (Wildman–Crippen MR) is 102 cm³/mol. The van der Waals surface area contributed by atoms with Gasteiger partial charge in [0, 0.05) is 51.0 Å². The number of rotatable bonds is 4. The fourth-order valence-electron chi connectivity index (χ4n) is 3.86. The molecule has 0 aliphatic carbocycles. The van der Waals surface area contributed by atoms with Gasteiger partial charge in [0.2, 0.25) is 0 Å². The molecule has 2 saturated heterocycles. The number of aromatic nitrogens is 2. The van der Waals surface area contributed by atoms with Crippen molar-refractivity contribution >= 4 is 5.82 Å². The molecule has 2 fully saturated rings. The summed E-state index contributed by atoms with van der Waals surface area (Å²) in [6.45, 7) is 5.98. The monoisotopic (exact) mass is 354 g/mol. The van der Waals surface area contributed by atoms with Gasteiger partial charge in [-0.25, -0.2) is 0 Å². The lowest BCUT2D eigenvalue weighted by Crippen LogP contribution is -2.51. The Morgan fingerprint density at radius 2 is 1.73 bits per heavy atom. The summed E-state index contributed by atoms with van der Waals surface area (Å²) in [5, 5.41) is 8.91. The Hall–Kier alpha value is -2.18. The highest BCUT2D eigenvalue weighted by Crippen LogP contribution is 2.28. The standard InChI is InChI=1S/C20H26N4O2/c1-25-19-5-3-2-4-17(19)18-6-7-20(22-21-18)24-12-10-23(11-13-24)16-8-14-26-15-9-16/h2-7,16H,8-15H2,1H3. The number of hydrogen-bond acceptors (Lipinski definition) is 6. The molecule has 6 nitrogen and oxygen atoms in total. The van der Waals surface area contributed by atoms with E-state index in [-0.39, 0.29) is 0 Å². The Bertz CT molecular complexity index is 708. The van der Waals surface area contributed by atoms with Crippen LogP contribution in [0.3, 0.4) is 0 Å². The summed E-state index contributed by atoms with van der Waals surface area (Å²) in [5.74, 6) is 1.77. The second kappa shape index (κ2) is 8.01. The molecular formula is C20H26N4O2. The smallest absolute Gasteiger partial charge is 0.151 e. The van der Waals surface area contributed by atoms with Crippen molar-refractivity contribution in [2.24, 2.45) is 0 Å². The molecule has 2 aliphatic rings. The number of hydrogen-bond donors (Lipinski definition) is 0. The molecule has 138 valence electrons. The van der Waals surface area contributed by atoms with Crippen molar-refractivity contribution in [3.63, 3.8) is 0 Å². The number of nitrogens with zero attached hydrogens (tertiary/aromatic N) is 4. The normalized spacial score (nSPS) is 19.5. The zero-order valence-electron chi connectivity index (χ0n) is 15.3. The van der Waals surface area contributed by atoms with E-state index in [9.17, 15) is 0 Å². The molecule has 4 rings (SSSR count). The first-order valence-corrected chi connectivity index (χ1v) is 9.39. The zero-order chi connectivity index (χ0) is 17.8. The Kier molecular flexibility index (Phi) is 5.32. The van der Waals surface area contributed by atoms with Crippen LogP contribution < -0.4 is 9.64 Å². The van der Waals surface area contributed by atoms with E-state index < -0.39 is 0 Å². The highest BCUT2D eigenvalue weighted by molar-refractivity contribution is 5.67. The van der Waals surface area contributed by atoms with Crippen molar-refractivity contribution in [3.8, 4) is 17.0 Å². The molecule has 3 heterocycles. The lowest BCUT2D eigenvalue weighted by Gasteiger charge is -2.40. The molecule has 0 bridgehead atoms. The molecule has 1 aromatic carbocycles. The maximum Gasteiger partial charge on any atom is 0.151 e. The fourth-order valence-corrected chi connectivity index (χ4v) is 3.86. The average molecular weight is 354 g/mol. The van der Waals surface area contributed by atoms with E-state index in [0.29, 0.717) is 6.04 Å². The van der Waals surface area contributed by atoms with Crippen molar-refractivity contribution in [1.82, 2.24) is 15.1 Å². The molecule has 0 N–H and O–H groups in total. The minimum absolute atomic E-state index is 0.685. The largest absolute Gasteiger partial charge is 0.496 e. The van der Waals surface area contributed by atoms with E-state index in [2.05, 4.69) is 26.1 Å². The van der Waals surface area contributed by atoms with Gasteiger partial charge >= 0.3 is 0 Å². The van der Waals surface area contributed by atoms with Gasteiger partial charge in [0.15, 0.2) is 5.82 Å². The number of ether oxygens (including phenoxy) is 2. The summed E-state index contributed by atoms with van der Waals surface area (Å²) < 4.78 is 10.9. The zero-order valence-corrected chi connectivity index (χ0v) is 15.3. The lowest BCUT2D eigenvalue weighted by molar-refractivity contribution is 0.0321. The summed E-state index contributed by atoms with van der Waals surface area (Å²) in [4.78, 5) is 4.94. The summed E-state index contributed by atoms with van der Waals surface area (Å²) in [6, 6.07) is 12.7. The molecule has 1 aromatic heterocycles. The van der Waals surface area contributed by atoms with Crippen molar-refractivity contribution < 1.29 is 9.47 Å². The number of anilines is 1. The summed E-state index contributed by atoms with van der Waals surface area (Å²) >= 11 is 0. The molecule has 2 aromatic rings. The molecule has 26 heavy (non-hydrogen) atoms. The van der Waals surface area contributed by atoms with Gasteiger partial charge in [-0.1, -0.05) is 12.1 Å². The average Bonchev–Trinajstić information content (AvgIpc) is 2.74. The highest BCUT2D eigenvalue weighted by atomic mass is 16.5. The first-order chi connectivity index (χ1) is 12.8. The van der Waals surface area contributed by atoms with Crippen LogP contribution in [0.5, 0.6) is 5.75 Å². The topological polar surface area (TPSA) is 50.7 Å². The second-order valence-corrected chi connectivity index (χ2v) is 6.84. The van der Waals surface area contributed by atoms with E-state index in [4.69, 9.17) is 9.47 Å². The summed E-state index contributed by atoms with van der Waals surface area (Å²) in [7, 11) is 1.68. The van der Waals surface area contributed by atoms with E-state index in [1.54, 1.807) is 7.11 Å². The minimum atomic E-state index is 0.685. The molecule has 6 heteroatoms. The quantitative estimate of drug-likeness (QED) is 0.841. The van der Waals surface area contributed by atoms with Gasteiger partial charge in [-0.15, -0.1) is 10.2 Å². The van der Waals surface area contributed by atoms with Crippen LogP contribution in [0.25, 0.3) is 11.3 Å². The van der Waals surface area contributed by atoms with Gasteiger partial charge in [0.1, 0.15) is 5.75 Å². The summed E-state index contributed by atoms with van der Waals surface area (Å²) in [6.07, 6.45) is 2.32. The first kappa shape index (κ1) is 17.2. The predicted octanol–water partition coefficient (Wildman–Crippen LogP) is 2.45. The van der Waals surface area contributed by atoms with Gasteiger partial charge in [-0.3, -0.25) is 4.90 Å². The van der Waals surface area contributed by atoms with Crippen molar-refractivity contribution in [3.05, 3.63) is 36.4 Å². The number of para-hydroxylation sites is 1. The van der Waals surface area contributed by atoms with Crippen molar-refractivity contribution in [2.75, 3.05) is 51.4 Å². The van der Waals surface area contributed by atoms with Gasteiger partial charge in [0.25, 0.3) is 0 Å². The van der Waals surface area contributed by atoms with Crippen molar-refractivity contribution in [2.45, 2.75) is 18.9 Å². The van der Waals surface area contributed by atoms with Crippen LogP contribution in [-0.2, 0) is 4.74 Å². The fraction of sp³-hybridized carbons (Fsp3) is 0.500. The third kappa shape index (κ3) is 3.66. The highest BCUT2D eigenvalue weighted by Gasteiger charge is 2.26.